The zero-order valence-corrected chi connectivity index (χ0v) is 20.7. The van der Waals surface area contributed by atoms with Crippen molar-refractivity contribution in [3.8, 4) is 34.3 Å². The molecule has 11 heteroatoms. The van der Waals surface area contributed by atoms with Crippen molar-refractivity contribution in [3.63, 3.8) is 0 Å². The van der Waals surface area contributed by atoms with Gasteiger partial charge < -0.3 is 14.8 Å². The molecule has 0 fully saturated rings. The second-order valence-electron chi connectivity index (χ2n) is 8.20. The van der Waals surface area contributed by atoms with Crippen LogP contribution in [0.3, 0.4) is 0 Å². The maximum atomic E-state index is 12.5. The largest absolute Gasteiger partial charge is 0.494 e. The summed E-state index contributed by atoms with van der Waals surface area (Å²) in [5.41, 5.74) is 2.49. The predicted molar refractivity (Wildman–Crippen MR) is 140 cm³/mol. The van der Waals surface area contributed by atoms with Crippen molar-refractivity contribution >= 4 is 11.6 Å². The van der Waals surface area contributed by atoms with Crippen LogP contribution in [0.15, 0.2) is 83.7 Å². The molecule has 0 saturated heterocycles. The summed E-state index contributed by atoms with van der Waals surface area (Å²) in [5.74, 6) is 1.36. The van der Waals surface area contributed by atoms with E-state index in [0.29, 0.717) is 29.7 Å². The zero-order valence-electron chi connectivity index (χ0n) is 20.7. The van der Waals surface area contributed by atoms with E-state index >= 15 is 0 Å². The van der Waals surface area contributed by atoms with Crippen LogP contribution in [-0.2, 0) is 11.3 Å². The van der Waals surface area contributed by atoms with Crippen LogP contribution in [-0.4, -0.2) is 55.3 Å². The van der Waals surface area contributed by atoms with Crippen LogP contribution in [0.2, 0.25) is 0 Å². The van der Waals surface area contributed by atoms with Crippen LogP contribution in [0.5, 0.6) is 11.6 Å². The number of amides is 1. The first-order valence-corrected chi connectivity index (χ1v) is 12.1. The van der Waals surface area contributed by atoms with Gasteiger partial charge in [0.15, 0.2) is 11.5 Å². The number of hydrogen-bond donors (Lipinski definition) is 1. The van der Waals surface area contributed by atoms with E-state index in [2.05, 4.69) is 25.7 Å². The summed E-state index contributed by atoms with van der Waals surface area (Å²) in [6, 6.07) is 23.5. The molecule has 3 aromatic heterocycles. The number of nitrogens with zero attached hydrogens (tertiary/aromatic N) is 6. The summed E-state index contributed by atoms with van der Waals surface area (Å²) in [6.07, 6.45) is 0. The number of fused-ring (bicyclic) bond motifs is 1. The van der Waals surface area contributed by atoms with E-state index in [1.807, 2.05) is 61.5 Å². The number of nitrogens with one attached hydrogen (secondary N) is 1. The van der Waals surface area contributed by atoms with Crippen molar-refractivity contribution in [2.24, 2.45) is 0 Å². The van der Waals surface area contributed by atoms with Gasteiger partial charge in [-0.3, -0.25) is 9.59 Å². The second kappa shape index (κ2) is 11.3. The quantitative estimate of drug-likeness (QED) is 0.284. The first-order valence-electron chi connectivity index (χ1n) is 12.1. The van der Waals surface area contributed by atoms with E-state index in [4.69, 9.17) is 9.47 Å². The average Bonchev–Trinajstić information content (AvgIpc) is 3.37. The van der Waals surface area contributed by atoms with Gasteiger partial charge in [-0.15, -0.1) is 15.3 Å². The molecular formula is C27H25N7O4. The monoisotopic (exact) mass is 511 g/mol. The zero-order chi connectivity index (χ0) is 26.3. The lowest BCUT2D eigenvalue weighted by atomic mass is 10.1. The summed E-state index contributed by atoms with van der Waals surface area (Å²) in [5, 5.41) is 19.9. The van der Waals surface area contributed by atoms with Crippen molar-refractivity contribution < 1.29 is 14.3 Å². The Morgan fingerprint density at radius 1 is 0.868 bits per heavy atom. The Morgan fingerprint density at radius 2 is 1.68 bits per heavy atom. The lowest BCUT2D eigenvalue weighted by molar-refractivity contribution is -0.122. The number of carbonyl (C=O) groups excluding carboxylic acids is 1. The highest BCUT2D eigenvalue weighted by Gasteiger charge is 2.11. The highest BCUT2D eigenvalue weighted by molar-refractivity contribution is 5.75. The molecule has 11 nitrogen and oxygen atoms in total. The van der Waals surface area contributed by atoms with E-state index in [1.54, 1.807) is 22.7 Å². The van der Waals surface area contributed by atoms with E-state index in [1.165, 1.54) is 6.07 Å². The van der Waals surface area contributed by atoms with Gasteiger partial charge >= 0.3 is 0 Å². The molecule has 0 spiro atoms. The molecule has 0 aliphatic carbocycles. The Hall–Kier alpha value is -5.06. The lowest BCUT2D eigenvalue weighted by Gasteiger charge is -2.10. The van der Waals surface area contributed by atoms with Crippen LogP contribution in [0, 0.1) is 0 Å². The predicted octanol–water partition coefficient (Wildman–Crippen LogP) is 2.61. The molecule has 5 rings (SSSR count). The van der Waals surface area contributed by atoms with Gasteiger partial charge in [0.05, 0.1) is 18.8 Å². The Bertz CT molecular complexity index is 1600. The van der Waals surface area contributed by atoms with Gasteiger partial charge in [0, 0.05) is 23.3 Å². The molecule has 0 saturated carbocycles. The molecular weight excluding hydrogens is 486 g/mol. The number of ether oxygens (including phenoxy) is 2. The molecule has 5 aromatic rings. The lowest BCUT2D eigenvalue weighted by Crippen LogP contribution is -2.35. The second-order valence-corrected chi connectivity index (χ2v) is 8.20. The maximum absolute atomic E-state index is 12.5. The molecule has 0 atom stereocenters. The number of carbonyl (C=O) groups is 1. The van der Waals surface area contributed by atoms with Crippen molar-refractivity contribution in [2.75, 3.05) is 19.8 Å². The normalized spacial score (nSPS) is 10.9. The standard InChI is InChI=1S/C27H25N7O4/c1-2-37-21-10-8-19(9-11-21)22-12-15-26(36)33(31-22)18-24(35)28-16-17-38-25-14-13-23-29-30-27(34(23)32-25)20-6-4-3-5-7-20/h3-15H,2,16-18H2,1H3,(H,28,35). The molecule has 38 heavy (non-hydrogen) atoms. The van der Waals surface area contributed by atoms with Crippen molar-refractivity contribution in [1.29, 1.82) is 0 Å². The third-order valence-electron chi connectivity index (χ3n) is 5.57. The molecule has 2 aromatic carbocycles. The Morgan fingerprint density at radius 3 is 2.47 bits per heavy atom. The fraction of sp³-hybridized carbons (Fsp3) is 0.185. The smallest absolute Gasteiger partial charge is 0.267 e. The minimum absolute atomic E-state index is 0.182. The van der Waals surface area contributed by atoms with Gasteiger partial charge in [-0.2, -0.15) is 9.61 Å². The number of rotatable bonds is 10. The van der Waals surface area contributed by atoms with E-state index in [9.17, 15) is 9.59 Å². The Balaban J connectivity index is 1.16. The molecule has 0 aliphatic heterocycles. The molecule has 1 N–H and O–H groups in total. The van der Waals surface area contributed by atoms with Crippen LogP contribution < -0.4 is 20.3 Å². The fourth-order valence-corrected chi connectivity index (χ4v) is 3.76. The highest BCUT2D eigenvalue weighted by Crippen LogP contribution is 2.20. The van der Waals surface area contributed by atoms with Gasteiger partial charge in [-0.25, -0.2) is 4.68 Å². The SMILES string of the molecule is CCOc1ccc(-c2ccc(=O)n(CC(=O)NCCOc3ccc4nnc(-c5ccccc5)n4n3)n2)cc1. The third-order valence-corrected chi connectivity index (χ3v) is 5.57. The summed E-state index contributed by atoms with van der Waals surface area (Å²) >= 11 is 0. The molecule has 0 radical (unpaired) electrons. The van der Waals surface area contributed by atoms with E-state index < -0.39 is 0 Å². The minimum Gasteiger partial charge on any atom is -0.494 e. The van der Waals surface area contributed by atoms with E-state index in [-0.39, 0.29) is 31.2 Å². The molecule has 0 aliphatic rings. The van der Waals surface area contributed by atoms with Crippen LogP contribution in [0.4, 0.5) is 0 Å². The summed E-state index contributed by atoms with van der Waals surface area (Å²) in [6.45, 7) is 2.68. The molecule has 1 amide bonds. The minimum atomic E-state index is -0.369. The van der Waals surface area contributed by atoms with E-state index in [0.717, 1.165) is 21.6 Å². The van der Waals surface area contributed by atoms with Crippen molar-refractivity contribution in [1.82, 2.24) is 34.9 Å². The van der Waals surface area contributed by atoms with Crippen LogP contribution in [0.1, 0.15) is 6.92 Å². The van der Waals surface area contributed by atoms with Gasteiger partial charge in [0.2, 0.25) is 11.8 Å². The summed E-state index contributed by atoms with van der Waals surface area (Å²) in [4.78, 5) is 24.7. The Labute approximate surface area is 217 Å². The highest BCUT2D eigenvalue weighted by atomic mass is 16.5. The van der Waals surface area contributed by atoms with Gasteiger partial charge in [0.25, 0.3) is 5.56 Å². The number of aromatic nitrogens is 6. The molecule has 0 bridgehead atoms. The third kappa shape index (κ3) is 5.67. The first-order chi connectivity index (χ1) is 18.6. The molecule has 3 heterocycles. The van der Waals surface area contributed by atoms with Crippen LogP contribution >= 0.6 is 0 Å². The maximum Gasteiger partial charge on any atom is 0.267 e. The molecule has 192 valence electrons. The Kier molecular flexibility index (Phi) is 7.34. The van der Waals surface area contributed by atoms with Crippen LogP contribution in [0.25, 0.3) is 28.3 Å². The average molecular weight is 512 g/mol. The number of hydrogen-bond acceptors (Lipinski definition) is 8. The van der Waals surface area contributed by atoms with Gasteiger partial charge in [-0.1, -0.05) is 30.3 Å². The first kappa shape index (κ1) is 24.6. The van der Waals surface area contributed by atoms with Gasteiger partial charge in [0.1, 0.15) is 18.9 Å². The summed E-state index contributed by atoms with van der Waals surface area (Å²) < 4.78 is 13.9. The summed E-state index contributed by atoms with van der Waals surface area (Å²) in [7, 11) is 0. The topological polar surface area (TPSA) is 126 Å². The molecule has 0 unspecified atom stereocenters. The number of benzene rings is 2. The van der Waals surface area contributed by atoms with Gasteiger partial charge in [-0.05, 0) is 43.3 Å². The fourth-order valence-electron chi connectivity index (χ4n) is 3.76. The van der Waals surface area contributed by atoms with Crippen molar-refractivity contribution in [2.45, 2.75) is 13.5 Å². The van der Waals surface area contributed by atoms with Crippen molar-refractivity contribution in [3.05, 3.63) is 89.2 Å².